The van der Waals surface area contributed by atoms with Gasteiger partial charge in [-0.3, -0.25) is 0 Å². The van der Waals surface area contributed by atoms with Gasteiger partial charge in [0.15, 0.2) is 13.1 Å². The van der Waals surface area contributed by atoms with Crippen molar-refractivity contribution in [3.8, 4) is 22.6 Å². The molecule has 0 radical (unpaired) electrons. The summed E-state index contributed by atoms with van der Waals surface area (Å²) in [4.78, 5) is 9.70. The molecular formula is C21H17BN2. The molecule has 0 spiro atoms. The topological polar surface area (TPSA) is 25.8 Å². The van der Waals surface area contributed by atoms with Gasteiger partial charge in [-0.25, -0.2) is 9.97 Å². The lowest BCUT2D eigenvalue weighted by Gasteiger charge is -2.10. The SMILES string of the molecule is CBc1cccc(-c2nc(-c3ccccc3)c3ccccc3n2)c1. The summed E-state index contributed by atoms with van der Waals surface area (Å²) in [5.41, 5.74) is 5.44. The van der Waals surface area contributed by atoms with E-state index in [1.807, 2.05) is 30.3 Å². The summed E-state index contributed by atoms with van der Waals surface area (Å²) in [6.07, 6.45) is 0. The van der Waals surface area contributed by atoms with Crippen LogP contribution in [0.2, 0.25) is 6.82 Å². The molecule has 3 aromatic carbocycles. The first kappa shape index (κ1) is 14.6. The first-order valence-corrected chi connectivity index (χ1v) is 8.26. The Kier molecular flexibility index (Phi) is 3.83. The van der Waals surface area contributed by atoms with Crippen molar-refractivity contribution in [2.24, 2.45) is 0 Å². The highest BCUT2D eigenvalue weighted by molar-refractivity contribution is 6.52. The van der Waals surface area contributed by atoms with Crippen molar-refractivity contribution in [2.75, 3.05) is 0 Å². The van der Waals surface area contributed by atoms with Gasteiger partial charge in [0.25, 0.3) is 0 Å². The van der Waals surface area contributed by atoms with Crippen molar-refractivity contribution < 1.29 is 0 Å². The lowest BCUT2D eigenvalue weighted by Crippen LogP contribution is -2.10. The van der Waals surface area contributed by atoms with Crippen LogP contribution in [0.25, 0.3) is 33.5 Å². The number of rotatable bonds is 3. The van der Waals surface area contributed by atoms with Crippen LogP contribution in [-0.2, 0) is 0 Å². The van der Waals surface area contributed by atoms with E-state index in [4.69, 9.17) is 9.97 Å². The minimum absolute atomic E-state index is 0.780. The molecular weight excluding hydrogens is 291 g/mol. The van der Waals surface area contributed by atoms with Crippen molar-refractivity contribution in [2.45, 2.75) is 6.82 Å². The number of fused-ring (bicyclic) bond motifs is 1. The summed E-state index contributed by atoms with van der Waals surface area (Å²) in [5, 5.41) is 1.08. The Balaban J connectivity index is 1.98. The van der Waals surface area contributed by atoms with Gasteiger partial charge in [0.2, 0.25) is 0 Å². The first-order valence-electron chi connectivity index (χ1n) is 8.26. The zero-order chi connectivity index (χ0) is 16.4. The molecule has 1 heterocycles. The van der Waals surface area contributed by atoms with Crippen LogP contribution in [0, 0.1) is 0 Å². The van der Waals surface area contributed by atoms with Gasteiger partial charge in [0.05, 0.1) is 11.2 Å². The molecule has 0 saturated heterocycles. The van der Waals surface area contributed by atoms with Gasteiger partial charge < -0.3 is 0 Å². The molecule has 0 saturated carbocycles. The van der Waals surface area contributed by atoms with Crippen LogP contribution in [-0.4, -0.2) is 17.2 Å². The standard InChI is InChI=1S/C21H17BN2/c1-22-17-11-7-10-16(14-17)21-23-19-13-6-5-12-18(19)20(24-21)15-8-3-2-4-9-15/h2-14,22H,1H3. The van der Waals surface area contributed by atoms with E-state index in [9.17, 15) is 0 Å². The first-order chi connectivity index (χ1) is 11.8. The van der Waals surface area contributed by atoms with E-state index in [0.29, 0.717) is 0 Å². The van der Waals surface area contributed by atoms with E-state index in [-0.39, 0.29) is 0 Å². The Labute approximate surface area is 142 Å². The van der Waals surface area contributed by atoms with Crippen LogP contribution < -0.4 is 5.46 Å². The maximum atomic E-state index is 4.91. The molecule has 0 aliphatic carbocycles. The third-order valence-electron chi connectivity index (χ3n) is 4.24. The Morgan fingerprint density at radius 2 is 1.46 bits per heavy atom. The highest BCUT2D eigenvalue weighted by Gasteiger charge is 2.11. The predicted molar refractivity (Wildman–Crippen MR) is 103 cm³/mol. The molecule has 4 rings (SSSR count). The summed E-state index contributed by atoms with van der Waals surface area (Å²) in [6, 6.07) is 27.0. The van der Waals surface area contributed by atoms with E-state index in [2.05, 4.69) is 55.4 Å². The molecule has 0 unspecified atom stereocenters. The van der Waals surface area contributed by atoms with Gasteiger partial charge in [-0.15, -0.1) is 0 Å². The summed E-state index contributed by atoms with van der Waals surface area (Å²) in [7, 11) is 1.01. The zero-order valence-electron chi connectivity index (χ0n) is 13.6. The fourth-order valence-corrected chi connectivity index (χ4v) is 2.95. The van der Waals surface area contributed by atoms with Gasteiger partial charge in [-0.05, 0) is 6.07 Å². The van der Waals surface area contributed by atoms with Crippen LogP contribution >= 0.6 is 0 Å². The van der Waals surface area contributed by atoms with Crippen molar-refractivity contribution in [3.63, 3.8) is 0 Å². The summed E-state index contributed by atoms with van der Waals surface area (Å²) < 4.78 is 0. The monoisotopic (exact) mass is 308 g/mol. The molecule has 0 fully saturated rings. The minimum Gasteiger partial charge on any atom is -0.228 e. The molecule has 0 amide bonds. The smallest absolute Gasteiger partial charge is 0.160 e. The predicted octanol–water partition coefficient (Wildman–Crippen LogP) is 4.07. The summed E-state index contributed by atoms with van der Waals surface area (Å²) >= 11 is 0. The number of benzene rings is 3. The highest BCUT2D eigenvalue weighted by Crippen LogP contribution is 2.28. The van der Waals surface area contributed by atoms with Crippen molar-refractivity contribution in [1.82, 2.24) is 9.97 Å². The maximum absolute atomic E-state index is 4.91. The van der Waals surface area contributed by atoms with Gasteiger partial charge in [0.1, 0.15) is 0 Å². The second kappa shape index (κ2) is 6.28. The third kappa shape index (κ3) is 2.69. The van der Waals surface area contributed by atoms with Gasteiger partial charge in [0, 0.05) is 16.5 Å². The fourth-order valence-electron chi connectivity index (χ4n) is 2.95. The van der Waals surface area contributed by atoms with E-state index in [1.165, 1.54) is 5.46 Å². The molecule has 0 N–H and O–H groups in total. The van der Waals surface area contributed by atoms with Crippen LogP contribution in [0.15, 0.2) is 78.9 Å². The number of nitrogens with zero attached hydrogens (tertiary/aromatic N) is 2. The van der Waals surface area contributed by atoms with Crippen molar-refractivity contribution in [1.29, 1.82) is 0 Å². The largest absolute Gasteiger partial charge is 0.228 e. The average molecular weight is 308 g/mol. The lowest BCUT2D eigenvalue weighted by atomic mass is 9.73. The van der Waals surface area contributed by atoms with Crippen LogP contribution in [0.5, 0.6) is 0 Å². The van der Waals surface area contributed by atoms with E-state index < -0.39 is 0 Å². The summed E-state index contributed by atoms with van der Waals surface area (Å²) in [6.45, 7) is 2.16. The molecule has 0 bridgehead atoms. The molecule has 2 nitrogen and oxygen atoms in total. The van der Waals surface area contributed by atoms with Crippen LogP contribution in [0.4, 0.5) is 0 Å². The van der Waals surface area contributed by atoms with E-state index in [0.717, 1.165) is 40.8 Å². The molecule has 24 heavy (non-hydrogen) atoms. The van der Waals surface area contributed by atoms with Crippen molar-refractivity contribution >= 4 is 23.6 Å². The quantitative estimate of drug-likeness (QED) is 0.533. The van der Waals surface area contributed by atoms with Crippen LogP contribution in [0.3, 0.4) is 0 Å². The Morgan fingerprint density at radius 3 is 2.29 bits per heavy atom. The van der Waals surface area contributed by atoms with E-state index in [1.54, 1.807) is 0 Å². The van der Waals surface area contributed by atoms with Gasteiger partial charge in [-0.1, -0.05) is 85.1 Å². The second-order valence-electron chi connectivity index (χ2n) is 5.83. The lowest BCUT2D eigenvalue weighted by molar-refractivity contribution is 1.23. The Hall–Kier alpha value is -2.94. The Bertz CT molecular complexity index is 997. The number of aromatic nitrogens is 2. The Morgan fingerprint density at radius 1 is 0.708 bits per heavy atom. The third-order valence-corrected chi connectivity index (χ3v) is 4.24. The zero-order valence-corrected chi connectivity index (χ0v) is 13.6. The molecule has 114 valence electrons. The number of para-hydroxylation sites is 1. The van der Waals surface area contributed by atoms with Crippen LogP contribution in [0.1, 0.15) is 0 Å². The molecule has 0 aliphatic rings. The molecule has 3 heteroatoms. The maximum Gasteiger partial charge on any atom is 0.160 e. The average Bonchev–Trinajstić information content (AvgIpc) is 2.68. The second-order valence-corrected chi connectivity index (χ2v) is 5.83. The van der Waals surface area contributed by atoms with Crippen molar-refractivity contribution in [3.05, 3.63) is 78.9 Å². The minimum atomic E-state index is 0.780. The molecule has 4 aromatic rings. The molecule has 0 atom stereocenters. The summed E-state index contributed by atoms with van der Waals surface area (Å²) in [5.74, 6) is 0.780. The number of hydrogen-bond donors (Lipinski definition) is 0. The molecule has 0 aliphatic heterocycles. The number of hydrogen-bond acceptors (Lipinski definition) is 2. The molecule has 1 aromatic heterocycles. The van der Waals surface area contributed by atoms with E-state index >= 15 is 0 Å². The highest BCUT2D eigenvalue weighted by atomic mass is 14.9. The fraction of sp³-hybridized carbons (Fsp3) is 0.0476. The van der Waals surface area contributed by atoms with Gasteiger partial charge >= 0.3 is 0 Å². The van der Waals surface area contributed by atoms with Gasteiger partial charge in [-0.2, -0.15) is 0 Å². The normalized spacial score (nSPS) is 10.7.